The van der Waals surface area contributed by atoms with E-state index >= 15 is 0 Å². The summed E-state index contributed by atoms with van der Waals surface area (Å²) in [5, 5.41) is 3.30. The number of halogens is 1. The molecule has 0 saturated carbocycles. The summed E-state index contributed by atoms with van der Waals surface area (Å²) in [5.41, 5.74) is 1.93. The van der Waals surface area contributed by atoms with E-state index in [1.807, 2.05) is 31.2 Å². The van der Waals surface area contributed by atoms with E-state index in [1.54, 1.807) is 24.3 Å². The van der Waals surface area contributed by atoms with E-state index in [-0.39, 0.29) is 35.9 Å². The first-order valence-corrected chi connectivity index (χ1v) is 12.0. The third kappa shape index (κ3) is 6.71. The molecule has 7 nitrogen and oxygen atoms in total. The molecule has 2 N–H and O–H groups in total. The van der Waals surface area contributed by atoms with Crippen molar-refractivity contribution in [2.75, 3.05) is 20.3 Å². The van der Waals surface area contributed by atoms with Gasteiger partial charge in [-0.05, 0) is 54.4 Å². The van der Waals surface area contributed by atoms with Gasteiger partial charge in [0.15, 0.2) is 0 Å². The molecule has 3 rings (SSSR count). The van der Waals surface area contributed by atoms with E-state index < -0.39 is 15.9 Å². The highest BCUT2D eigenvalue weighted by atomic mass is 35.5. The largest absolute Gasteiger partial charge is 0.495 e. The Balaban J connectivity index is 1.65. The topological polar surface area (TPSA) is 93.7 Å². The Morgan fingerprint density at radius 1 is 1.00 bits per heavy atom. The van der Waals surface area contributed by atoms with Gasteiger partial charge in [0.1, 0.15) is 23.0 Å². The fourth-order valence-electron chi connectivity index (χ4n) is 3.03. The van der Waals surface area contributed by atoms with Crippen LogP contribution in [-0.2, 0) is 16.6 Å². The van der Waals surface area contributed by atoms with E-state index in [9.17, 15) is 13.2 Å². The summed E-state index contributed by atoms with van der Waals surface area (Å²) in [5.74, 6) is 0.467. The molecule has 0 spiro atoms. The van der Waals surface area contributed by atoms with Gasteiger partial charge in [-0.3, -0.25) is 4.79 Å². The molecule has 0 radical (unpaired) electrons. The zero-order valence-electron chi connectivity index (χ0n) is 18.3. The van der Waals surface area contributed by atoms with Crippen LogP contribution in [0.2, 0.25) is 5.02 Å². The predicted octanol–water partition coefficient (Wildman–Crippen LogP) is 3.94. The molecular formula is C24H25ClN2O5S. The molecule has 0 bridgehead atoms. The van der Waals surface area contributed by atoms with Gasteiger partial charge in [0.2, 0.25) is 10.0 Å². The van der Waals surface area contributed by atoms with Crippen molar-refractivity contribution in [2.45, 2.75) is 18.4 Å². The summed E-state index contributed by atoms with van der Waals surface area (Å²) in [6, 6.07) is 18.7. The zero-order chi connectivity index (χ0) is 23.8. The molecule has 0 unspecified atom stereocenters. The van der Waals surface area contributed by atoms with Gasteiger partial charge >= 0.3 is 0 Å². The quantitative estimate of drug-likeness (QED) is 0.421. The van der Waals surface area contributed by atoms with Gasteiger partial charge in [-0.1, -0.05) is 41.9 Å². The lowest BCUT2D eigenvalue weighted by Crippen LogP contribution is -2.29. The lowest BCUT2D eigenvalue weighted by atomic mass is 10.2. The van der Waals surface area contributed by atoms with Crippen molar-refractivity contribution in [3.8, 4) is 11.5 Å². The number of aryl methyl sites for hydroxylation is 1. The Bertz CT molecular complexity index is 1210. The van der Waals surface area contributed by atoms with E-state index in [0.29, 0.717) is 5.02 Å². The van der Waals surface area contributed by atoms with Crippen LogP contribution in [0.15, 0.2) is 71.6 Å². The van der Waals surface area contributed by atoms with Crippen LogP contribution >= 0.6 is 11.6 Å². The number of para-hydroxylation sites is 1. The average Bonchev–Trinajstić information content (AvgIpc) is 2.82. The molecule has 0 fully saturated rings. The molecule has 0 aliphatic rings. The van der Waals surface area contributed by atoms with Crippen LogP contribution in [0.25, 0.3) is 0 Å². The van der Waals surface area contributed by atoms with E-state index in [2.05, 4.69) is 10.0 Å². The van der Waals surface area contributed by atoms with Crippen LogP contribution in [0.4, 0.5) is 0 Å². The maximum Gasteiger partial charge on any atom is 0.251 e. The van der Waals surface area contributed by atoms with E-state index in [4.69, 9.17) is 21.1 Å². The second-order valence-corrected chi connectivity index (χ2v) is 9.36. The third-order valence-corrected chi connectivity index (χ3v) is 6.51. The van der Waals surface area contributed by atoms with Gasteiger partial charge in [-0.25, -0.2) is 13.1 Å². The summed E-state index contributed by atoms with van der Waals surface area (Å²) < 4.78 is 39.2. The average molecular weight is 489 g/mol. The fourth-order valence-corrected chi connectivity index (χ4v) is 4.37. The Hall–Kier alpha value is -3.07. The van der Waals surface area contributed by atoms with Crippen LogP contribution in [-0.4, -0.2) is 34.6 Å². The molecule has 0 aliphatic carbocycles. The normalized spacial score (nSPS) is 11.1. The Morgan fingerprint density at radius 3 is 2.42 bits per heavy atom. The molecule has 3 aromatic rings. The number of hydrogen-bond donors (Lipinski definition) is 2. The first-order valence-electron chi connectivity index (χ1n) is 10.2. The standard InChI is InChI=1S/C24H25ClN2O5S/c1-17-5-3-4-6-21(17)32-14-13-26-24(28)19-9-12-22(31-2)23(15-19)33(29,30)27-16-18-7-10-20(25)11-8-18/h3-12,15,27H,13-14,16H2,1-2H3,(H,26,28). The van der Waals surface area contributed by atoms with Gasteiger partial charge in [-0.2, -0.15) is 0 Å². The number of amides is 1. The molecule has 0 saturated heterocycles. The van der Waals surface area contributed by atoms with E-state index in [0.717, 1.165) is 16.9 Å². The van der Waals surface area contributed by atoms with Crippen LogP contribution in [0, 0.1) is 6.92 Å². The van der Waals surface area contributed by atoms with Crippen molar-refractivity contribution in [2.24, 2.45) is 0 Å². The number of benzene rings is 3. The van der Waals surface area contributed by atoms with Gasteiger partial charge < -0.3 is 14.8 Å². The summed E-state index contributed by atoms with van der Waals surface area (Å²) in [4.78, 5) is 12.5. The number of methoxy groups -OCH3 is 1. The lowest BCUT2D eigenvalue weighted by molar-refractivity contribution is 0.0946. The monoisotopic (exact) mass is 488 g/mol. The summed E-state index contributed by atoms with van der Waals surface area (Å²) >= 11 is 5.87. The first kappa shape index (κ1) is 24.6. The Kier molecular flexibility index (Phi) is 8.32. The minimum atomic E-state index is -3.95. The van der Waals surface area contributed by atoms with Crippen LogP contribution in [0.1, 0.15) is 21.5 Å². The fraction of sp³-hybridized carbons (Fsp3) is 0.208. The number of nitrogens with one attached hydrogen (secondary N) is 2. The molecular weight excluding hydrogens is 464 g/mol. The number of hydrogen-bond acceptors (Lipinski definition) is 5. The van der Waals surface area contributed by atoms with Crippen molar-refractivity contribution >= 4 is 27.5 Å². The van der Waals surface area contributed by atoms with Gasteiger partial charge in [0.25, 0.3) is 5.91 Å². The molecule has 0 aromatic heterocycles. The second-order valence-electron chi connectivity index (χ2n) is 7.19. The van der Waals surface area contributed by atoms with Crippen molar-refractivity contribution in [1.29, 1.82) is 0 Å². The molecule has 1 amide bonds. The molecule has 9 heteroatoms. The van der Waals surface area contributed by atoms with Gasteiger partial charge in [0, 0.05) is 17.1 Å². The number of carbonyl (C=O) groups is 1. The van der Waals surface area contributed by atoms with Gasteiger partial charge in [0.05, 0.1) is 13.7 Å². The van der Waals surface area contributed by atoms with Crippen LogP contribution < -0.4 is 19.5 Å². The maximum absolute atomic E-state index is 12.9. The Labute approximate surface area is 198 Å². The molecule has 0 heterocycles. The number of rotatable bonds is 10. The Morgan fingerprint density at radius 2 is 1.73 bits per heavy atom. The number of sulfonamides is 1. The smallest absolute Gasteiger partial charge is 0.251 e. The third-order valence-electron chi connectivity index (χ3n) is 4.83. The SMILES string of the molecule is COc1ccc(C(=O)NCCOc2ccccc2C)cc1S(=O)(=O)NCc1ccc(Cl)cc1. The highest BCUT2D eigenvalue weighted by Gasteiger charge is 2.21. The van der Waals surface area contributed by atoms with Crippen molar-refractivity contribution in [3.63, 3.8) is 0 Å². The summed E-state index contributed by atoms with van der Waals surface area (Å²) in [6.07, 6.45) is 0. The highest BCUT2D eigenvalue weighted by molar-refractivity contribution is 7.89. The number of carbonyl (C=O) groups excluding carboxylic acids is 1. The lowest BCUT2D eigenvalue weighted by Gasteiger charge is -2.13. The minimum Gasteiger partial charge on any atom is -0.495 e. The minimum absolute atomic E-state index is 0.0648. The van der Waals surface area contributed by atoms with Crippen molar-refractivity contribution < 1.29 is 22.7 Å². The molecule has 0 atom stereocenters. The highest BCUT2D eigenvalue weighted by Crippen LogP contribution is 2.25. The maximum atomic E-state index is 12.9. The second kappa shape index (κ2) is 11.2. The van der Waals surface area contributed by atoms with Crippen LogP contribution in [0.3, 0.4) is 0 Å². The van der Waals surface area contributed by atoms with Crippen molar-refractivity contribution in [3.05, 3.63) is 88.4 Å². The summed E-state index contributed by atoms with van der Waals surface area (Å²) in [7, 11) is -2.57. The summed E-state index contributed by atoms with van der Waals surface area (Å²) in [6.45, 7) is 2.54. The first-order chi connectivity index (χ1) is 15.8. The van der Waals surface area contributed by atoms with E-state index in [1.165, 1.54) is 25.3 Å². The molecule has 0 aliphatic heterocycles. The molecule has 33 heavy (non-hydrogen) atoms. The van der Waals surface area contributed by atoms with Crippen molar-refractivity contribution in [1.82, 2.24) is 10.0 Å². The molecule has 3 aromatic carbocycles. The number of ether oxygens (including phenoxy) is 2. The molecule has 174 valence electrons. The predicted molar refractivity (Wildman–Crippen MR) is 127 cm³/mol. The van der Waals surface area contributed by atoms with Crippen LogP contribution in [0.5, 0.6) is 11.5 Å². The zero-order valence-corrected chi connectivity index (χ0v) is 19.9. The van der Waals surface area contributed by atoms with Gasteiger partial charge in [-0.15, -0.1) is 0 Å².